The van der Waals surface area contributed by atoms with E-state index in [0.717, 1.165) is 12.8 Å². The predicted octanol–water partition coefficient (Wildman–Crippen LogP) is 4.98. The van der Waals surface area contributed by atoms with E-state index in [1.54, 1.807) is 5.57 Å². The highest BCUT2D eigenvalue weighted by molar-refractivity contribution is 6.38. The molecule has 41 heavy (non-hydrogen) atoms. The summed E-state index contributed by atoms with van der Waals surface area (Å²) in [5, 5.41) is 2.57. The van der Waals surface area contributed by atoms with Crippen LogP contribution < -0.4 is 0 Å². The number of rotatable bonds is 12. The van der Waals surface area contributed by atoms with Crippen LogP contribution in [0.3, 0.4) is 0 Å². The Kier molecular flexibility index (Phi) is 14.3. The lowest BCUT2D eigenvalue weighted by atomic mass is 9.47. The number of hydrogen-bond donors (Lipinski definition) is 0. The van der Waals surface area contributed by atoms with Gasteiger partial charge in [-0.25, -0.2) is 0 Å². The van der Waals surface area contributed by atoms with E-state index in [1.807, 2.05) is 0 Å². The quantitative estimate of drug-likeness (QED) is 0.265. The molecule has 0 N–H and O–H groups in total. The summed E-state index contributed by atoms with van der Waals surface area (Å²) in [6.07, 6.45) is 14.7. The summed E-state index contributed by atoms with van der Waals surface area (Å²) < 4.78 is 0. The highest BCUT2D eigenvalue weighted by atomic mass is 14.3. The Morgan fingerprint density at radius 2 is 1.61 bits per heavy atom. The molecule has 2 aromatic rings. The van der Waals surface area contributed by atoms with Crippen LogP contribution in [-0.2, 0) is 5.31 Å². The summed E-state index contributed by atoms with van der Waals surface area (Å²) in [6, 6.07) is 20.4. The zero-order valence-electron chi connectivity index (χ0n) is 28.2. The molecule has 0 saturated heterocycles. The molecule has 6 heteroatoms. The van der Waals surface area contributed by atoms with E-state index in [0.29, 0.717) is 11.6 Å². The minimum atomic E-state index is -0.114. The number of aryl methyl sites for hydroxylation is 1. The SMILES string of the molecule is BCCC[C@@](B)(/C(=C(B)\C(B)=C/C)C(B)C[C@H](B)C)c1c(C)cccccc(/C(C)=C/C=C\CC)c2ccccc12. The molecule has 0 bridgehead atoms. The van der Waals surface area contributed by atoms with E-state index in [1.165, 1.54) is 63.1 Å². The van der Waals surface area contributed by atoms with Crippen molar-refractivity contribution in [2.75, 3.05) is 0 Å². The first-order valence-electron chi connectivity index (χ1n) is 16.1. The largest absolute Gasteiger partial charge is 0.138 e. The fourth-order valence-corrected chi connectivity index (χ4v) is 6.76. The smallest absolute Gasteiger partial charge is 0.0994 e. The van der Waals surface area contributed by atoms with Crippen molar-refractivity contribution in [2.24, 2.45) is 0 Å². The monoisotopic (exact) mass is 538 g/mol. The molecular weight excluding hydrogens is 485 g/mol. The van der Waals surface area contributed by atoms with E-state index in [9.17, 15) is 0 Å². The lowest BCUT2D eigenvalue weighted by Crippen LogP contribution is -2.34. The first kappa shape index (κ1) is 34.7. The Hall–Kier alpha value is -2.47. The van der Waals surface area contributed by atoms with Crippen LogP contribution in [-0.4, -0.2) is 47.1 Å². The minimum Gasteiger partial charge on any atom is -0.0994 e. The summed E-state index contributed by atoms with van der Waals surface area (Å²) in [5.74, 6) is 1.12. The van der Waals surface area contributed by atoms with Crippen molar-refractivity contribution in [3.05, 3.63) is 112 Å². The summed E-state index contributed by atoms with van der Waals surface area (Å²) in [6.45, 7) is 11.3. The lowest BCUT2D eigenvalue weighted by Gasteiger charge is -2.41. The maximum Gasteiger partial charge on any atom is 0.138 e. The standard InChI is InChI=1S/C35H52B6/c1-6-8-10-16-24(3)27-18-12-9-11-17-25(4)32(29-20-14-13-19-28(27)29)35(41,21-15-22-36)33(31(39)23-26(5)37)34(40)30(38)7-2/h7-14,16-20,26,31H,6,15,21-23,36-41H2,1-5H3/b10-8-,11-9?,12-9?,17-11?,18-12?,24-16+,25-17?,27-18?,28-27?,30-7+,32-25?,32-29?,34-33+/t26-,31?,35+/m1/s1. The molecule has 0 aliphatic carbocycles. The van der Waals surface area contributed by atoms with Crippen molar-refractivity contribution in [3.8, 4) is 0 Å². The molecule has 0 fully saturated rings. The van der Waals surface area contributed by atoms with Gasteiger partial charge in [-0.15, -0.1) is 0 Å². The summed E-state index contributed by atoms with van der Waals surface area (Å²) in [4.78, 5) is 0. The van der Waals surface area contributed by atoms with Gasteiger partial charge in [-0.2, -0.15) is 0 Å². The molecule has 0 spiro atoms. The van der Waals surface area contributed by atoms with Gasteiger partial charge >= 0.3 is 0 Å². The van der Waals surface area contributed by atoms with E-state index >= 15 is 0 Å². The van der Waals surface area contributed by atoms with Gasteiger partial charge in [0.1, 0.15) is 47.1 Å². The molecule has 0 aliphatic rings. The third-order valence-electron chi connectivity index (χ3n) is 8.78. The van der Waals surface area contributed by atoms with Gasteiger partial charge in [0.2, 0.25) is 0 Å². The zero-order chi connectivity index (χ0) is 30.6. The van der Waals surface area contributed by atoms with Gasteiger partial charge in [0, 0.05) is 0 Å². The van der Waals surface area contributed by atoms with Crippen LogP contribution in [0.4, 0.5) is 0 Å². The molecule has 2 aromatic carbocycles. The maximum absolute atomic E-state index is 2.56. The second kappa shape index (κ2) is 16.8. The third-order valence-corrected chi connectivity index (χ3v) is 8.78. The van der Waals surface area contributed by atoms with Crippen LogP contribution in [0.5, 0.6) is 0 Å². The Morgan fingerprint density at radius 1 is 0.976 bits per heavy atom. The summed E-state index contributed by atoms with van der Waals surface area (Å²) in [7, 11) is 14.4. The van der Waals surface area contributed by atoms with Crippen LogP contribution in [0.15, 0.2) is 95.4 Å². The predicted molar refractivity (Wildman–Crippen MR) is 205 cm³/mol. The molecule has 3 atom stereocenters. The van der Waals surface area contributed by atoms with E-state index in [4.69, 9.17) is 0 Å². The van der Waals surface area contributed by atoms with Crippen molar-refractivity contribution in [1.29, 1.82) is 0 Å². The topological polar surface area (TPSA) is 0 Å². The van der Waals surface area contributed by atoms with Gasteiger partial charge in [0.15, 0.2) is 0 Å². The number of benzene rings is 1. The first-order chi connectivity index (χ1) is 19.5. The molecule has 0 saturated carbocycles. The molecule has 0 aromatic heterocycles. The van der Waals surface area contributed by atoms with Crippen molar-refractivity contribution >= 4 is 63.4 Å². The zero-order valence-corrected chi connectivity index (χ0v) is 28.2. The average Bonchev–Trinajstić information content (AvgIpc) is 2.93. The third kappa shape index (κ3) is 9.01. The highest BCUT2D eigenvalue weighted by Crippen LogP contribution is 2.47. The molecule has 210 valence electrons. The summed E-state index contributed by atoms with van der Waals surface area (Å²) >= 11 is 0. The van der Waals surface area contributed by atoms with E-state index in [-0.39, 0.29) is 5.31 Å². The van der Waals surface area contributed by atoms with Gasteiger partial charge in [-0.3, -0.25) is 0 Å². The van der Waals surface area contributed by atoms with E-state index < -0.39 is 0 Å². The van der Waals surface area contributed by atoms with Crippen molar-refractivity contribution in [3.63, 3.8) is 0 Å². The highest BCUT2D eigenvalue weighted by Gasteiger charge is 2.36. The Balaban J connectivity index is 3.26. The lowest BCUT2D eigenvalue weighted by molar-refractivity contribution is 0.584. The Morgan fingerprint density at radius 3 is 2.22 bits per heavy atom. The van der Waals surface area contributed by atoms with Gasteiger partial charge in [0.25, 0.3) is 0 Å². The van der Waals surface area contributed by atoms with E-state index in [2.05, 4.69) is 161 Å². The molecule has 0 amide bonds. The van der Waals surface area contributed by atoms with Crippen molar-refractivity contribution in [1.82, 2.24) is 0 Å². The van der Waals surface area contributed by atoms with Crippen LogP contribution in [0.25, 0.3) is 16.3 Å². The van der Waals surface area contributed by atoms with Crippen molar-refractivity contribution < 1.29 is 0 Å². The fraction of sp³-hybridized carbons (Fsp3) is 0.371. The van der Waals surface area contributed by atoms with Gasteiger partial charge in [-0.05, 0) is 77.8 Å². The van der Waals surface area contributed by atoms with Crippen LogP contribution in [0.2, 0.25) is 18.0 Å². The molecule has 0 nitrogen and oxygen atoms in total. The van der Waals surface area contributed by atoms with Gasteiger partial charge in [0.05, 0.1) is 0 Å². The number of hydrogen-bond acceptors (Lipinski definition) is 0. The molecular formula is C35H52B6. The van der Waals surface area contributed by atoms with Crippen molar-refractivity contribution in [2.45, 2.75) is 83.6 Å². The molecule has 1 unspecified atom stereocenters. The Bertz CT molecular complexity index is 1350. The van der Waals surface area contributed by atoms with Gasteiger partial charge < -0.3 is 0 Å². The number of fused-ring (bicyclic) bond motifs is 1. The fourth-order valence-electron chi connectivity index (χ4n) is 6.76. The molecule has 0 radical (unpaired) electrons. The Labute approximate surface area is 258 Å². The first-order valence-corrected chi connectivity index (χ1v) is 16.1. The van der Waals surface area contributed by atoms with Crippen LogP contribution in [0.1, 0.15) is 70.1 Å². The number of allylic oxidation sites excluding steroid dienone is 8. The van der Waals surface area contributed by atoms with Crippen LogP contribution in [0, 0.1) is 6.92 Å². The average molecular weight is 538 g/mol. The second-order valence-corrected chi connectivity index (χ2v) is 12.6. The molecule has 2 rings (SSSR count). The second-order valence-electron chi connectivity index (χ2n) is 12.6. The molecule has 0 aliphatic heterocycles. The van der Waals surface area contributed by atoms with Crippen LogP contribution >= 0.6 is 0 Å². The minimum absolute atomic E-state index is 0.114. The summed E-state index contributed by atoms with van der Waals surface area (Å²) in [5.41, 5.74) is 9.88. The van der Waals surface area contributed by atoms with Gasteiger partial charge in [-0.1, -0.05) is 134 Å². The maximum atomic E-state index is 2.56. The normalized spacial score (nSPS) is 16.1. The molecule has 0 heterocycles.